The fourth-order valence-electron chi connectivity index (χ4n) is 5.94. The number of aliphatic hydroxyl groups excluding tert-OH is 1. The summed E-state index contributed by atoms with van der Waals surface area (Å²) in [6, 6.07) is 7.74. The van der Waals surface area contributed by atoms with E-state index in [0.29, 0.717) is 30.0 Å². The number of halogens is 1. The van der Waals surface area contributed by atoms with Crippen LogP contribution in [-0.4, -0.2) is 72.6 Å². The second-order valence-corrected chi connectivity index (χ2v) is 11.2. The molecule has 6 rings (SSSR count). The number of anilines is 1. The quantitative estimate of drug-likeness (QED) is 0.364. The summed E-state index contributed by atoms with van der Waals surface area (Å²) in [7, 11) is 1.78. The second-order valence-electron chi connectivity index (χ2n) is 11.2. The van der Waals surface area contributed by atoms with Gasteiger partial charge in [-0.25, -0.2) is 14.4 Å². The molecule has 10 nitrogen and oxygen atoms in total. The molecule has 2 aliphatic rings. The van der Waals surface area contributed by atoms with Crippen LogP contribution in [0.5, 0.6) is 0 Å². The molecule has 1 amide bonds. The number of aliphatic hydroxyl groups is 1. The van der Waals surface area contributed by atoms with Crippen molar-refractivity contribution in [1.82, 2.24) is 29.2 Å². The Kier molecular flexibility index (Phi) is 7.58. The normalized spacial score (nSPS) is 20.0. The predicted octanol–water partition coefficient (Wildman–Crippen LogP) is 4.15. The van der Waals surface area contributed by atoms with E-state index in [1.807, 2.05) is 6.92 Å². The lowest BCUT2D eigenvalue weighted by molar-refractivity contribution is 0.0342. The van der Waals surface area contributed by atoms with Gasteiger partial charge in [-0.05, 0) is 63.3 Å². The van der Waals surface area contributed by atoms with Crippen molar-refractivity contribution in [1.29, 1.82) is 0 Å². The number of rotatable bonds is 6. The number of nitrogens with one attached hydrogen (secondary N) is 1. The number of amides is 1. The van der Waals surface area contributed by atoms with E-state index in [1.54, 1.807) is 24.9 Å². The summed E-state index contributed by atoms with van der Waals surface area (Å²) in [5.74, 6) is -0.903. The van der Waals surface area contributed by atoms with Gasteiger partial charge in [0, 0.05) is 49.7 Å². The van der Waals surface area contributed by atoms with Crippen LogP contribution in [0.2, 0.25) is 0 Å². The lowest BCUT2D eigenvalue weighted by Crippen LogP contribution is -2.35. The van der Waals surface area contributed by atoms with Gasteiger partial charge in [-0.1, -0.05) is 6.07 Å². The molecule has 2 N–H and O–H groups in total. The Morgan fingerprint density at radius 1 is 1.12 bits per heavy atom. The molecular weight excluding hydrogens is 525 g/mol. The first-order valence-corrected chi connectivity index (χ1v) is 14.2. The van der Waals surface area contributed by atoms with Crippen molar-refractivity contribution in [3.8, 4) is 11.3 Å². The van der Waals surface area contributed by atoms with Gasteiger partial charge in [-0.15, -0.1) is 0 Å². The highest BCUT2D eigenvalue weighted by Gasteiger charge is 2.28. The fourth-order valence-corrected chi connectivity index (χ4v) is 5.94. The number of imidazole rings is 1. The van der Waals surface area contributed by atoms with E-state index >= 15 is 4.39 Å². The summed E-state index contributed by atoms with van der Waals surface area (Å²) in [6.07, 6.45) is 4.13. The highest BCUT2D eigenvalue weighted by Crippen LogP contribution is 2.35. The molecule has 0 unspecified atom stereocenters. The van der Waals surface area contributed by atoms with Gasteiger partial charge >= 0.3 is 0 Å². The maximum Gasteiger partial charge on any atom is 0.261 e. The summed E-state index contributed by atoms with van der Waals surface area (Å²) in [5, 5.41) is 17.3. The van der Waals surface area contributed by atoms with Crippen molar-refractivity contribution in [2.24, 2.45) is 7.05 Å². The third-order valence-electron chi connectivity index (χ3n) is 8.34. The SMILES string of the molecule is Cc1cc(C(=O)Nc2nc3cc(CN4CCOCC4)ccc3n2[C@H]2CC[C@@H](O)CC2)c(F)c(-c2cnn(C)c2C)n1. The molecule has 4 heterocycles. The Labute approximate surface area is 238 Å². The summed E-state index contributed by atoms with van der Waals surface area (Å²) in [6.45, 7) is 7.60. The Balaban J connectivity index is 1.36. The summed E-state index contributed by atoms with van der Waals surface area (Å²) >= 11 is 0. The van der Waals surface area contributed by atoms with Crippen LogP contribution in [0.1, 0.15) is 59.0 Å². The maximum absolute atomic E-state index is 15.8. The molecule has 3 aromatic heterocycles. The zero-order chi connectivity index (χ0) is 28.7. The standard InChI is InChI=1S/C30H36FN7O3/c1-18-14-23(27(31)28(33-18)24-16-32-36(3)19(24)2)29(40)35-30-34-25-15-20(17-37-10-12-41-13-11-37)4-9-26(25)38(30)21-5-7-22(39)8-6-21/h4,9,14-16,21-22,39H,5-8,10-13,17H2,1-3H3,(H,34,35,40)/t21-,22+. The minimum atomic E-state index is -0.694. The largest absolute Gasteiger partial charge is 0.393 e. The number of aryl methyl sites for hydroxylation is 2. The Morgan fingerprint density at radius 2 is 1.88 bits per heavy atom. The molecule has 1 saturated carbocycles. The Morgan fingerprint density at radius 3 is 2.59 bits per heavy atom. The Hall–Kier alpha value is -3.67. The van der Waals surface area contributed by atoms with Gasteiger partial charge in [0.15, 0.2) is 5.82 Å². The van der Waals surface area contributed by atoms with Gasteiger partial charge in [-0.3, -0.25) is 19.7 Å². The van der Waals surface area contributed by atoms with Crippen LogP contribution in [0, 0.1) is 19.7 Å². The lowest BCUT2D eigenvalue weighted by Gasteiger charge is -2.28. The van der Waals surface area contributed by atoms with Gasteiger partial charge in [0.2, 0.25) is 5.95 Å². The van der Waals surface area contributed by atoms with Crippen molar-refractivity contribution in [3.05, 3.63) is 58.8 Å². The van der Waals surface area contributed by atoms with Crippen molar-refractivity contribution in [3.63, 3.8) is 0 Å². The van der Waals surface area contributed by atoms with Gasteiger partial charge in [0.05, 0.1) is 42.1 Å². The van der Waals surface area contributed by atoms with Gasteiger partial charge in [-0.2, -0.15) is 5.10 Å². The van der Waals surface area contributed by atoms with E-state index in [9.17, 15) is 9.90 Å². The minimum Gasteiger partial charge on any atom is -0.393 e. The van der Waals surface area contributed by atoms with Gasteiger partial charge in [0.25, 0.3) is 5.91 Å². The van der Waals surface area contributed by atoms with Gasteiger partial charge < -0.3 is 14.4 Å². The summed E-state index contributed by atoms with van der Waals surface area (Å²) < 4.78 is 25.0. The zero-order valence-electron chi connectivity index (χ0n) is 23.7. The summed E-state index contributed by atoms with van der Waals surface area (Å²) in [4.78, 5) is 25.2. The van der Waals surface area contributed by atoms with Crippen molar-refractivity contribution in [2.75, 3.05) is 31.6 Å². The van der Waals surface area contributed by atoms with Crippen LogP contribution in [0.15, 0.2) is 30.5 Å². The molecule has 0 bridgehead atoms. The molecule has 1 aliphatic heterocycles. The van der Waals surface area contributed by atoms with Crippen LogP contribution < -0.4 is 5.32 Å². The number of carbonyl (C=O) groups excluding carboxylic acids is 1. The number of nitrogens with zero attached hydrogens (tertiary/aromatic N) is 6. The number of hydrogen-bond donors (Lipinski definition) is 2. The molecule has 2 fully saturated rings. The zero-order valence-corrected chi connectivity index (χ0v) is 23.7. The smallest absolute Gasteiger partial charge is 0.261 e. The number of pyridine rings is 1. The first kappa shape index (κ1) is 27.5. The predicted molar refractivity (Wildman–Crippen MR) is 153 cm³/mol. The first-order chi connectivity index (χ1) is 19.8. The fraction of sp³-hybridized carbons (Fsp3) is 0.467. The van der Waals surface area contributed by atoms with Crippen LogP contribution in [0.25, 0.3) is 22.3 Å². The average molecular weight is 562 g/mol. The van der Waals surface area contributed by atoms with Crippen LogP contribution in [0.4, 0.5) is 10.3 Å². The van der Waals surface area contributed by atoms with Gasteiger partial charge in [0.1, 0.15) is 5.69 Å². The lowest BCUT2D eigenvalue weighted by atomic mass is 9.93. The average Bonchev–Trinajstić information content (AvgIpc) is 3.49. The molecule has 0 radical (unpaired) electrons. The molecule has 41 heavy (non-hydrogen) atoms. The van der Waals surface area contributed by atoms with Crippen LogP contribution in [0.3, 0.4) is 0 Å². The third-order valence-corrected chi connectivity index (χ3v) is 8.34. The number of ether oxygens (including phenoxy) is 1. The van der Waals surface area contributed by atoms with E-state index in [1.165, 1.54) is 6.07 Å². The van der Waals surface area contributed by atoms with E-state index in [2.05, 4.69) is 43.1 Å². The highest BCUT2D eigenvalue weighted by molar-refractivity contribution is 6.05. The number of fused-ring (bicyclic) bond motifs is 1. The Bertz CT molecular complexity index is 1580. The molecule has 1 saturated heterocycles. The maximum atomic E-state index is 15.8. The number of morpholine rings is 1. The number of hydrogen-bond acceptors (Lipinski definition) is 7. The first-order valence-electron chi connectivity index (χ1n) is 14.2. The monoisotopic (exact) mass is 561 g/mol. The molecule has 0 atom stereocenters. The molecule has 1 aliphatic carbocycles. The third kappa shape index (κ3) is 5.49. The molecule has 11 heteroatoms. The molecule has 4 aromatic rings. The van der Waals surface area contributed by atoms with E-state index in [4.69, 9.17) is 9.72 Å². The van der Waals surface area contributed by atoms with E-state index < -0.39 is 11.7 Å². The molecular formula is C30H36FN7O3. The molecule has 0 spiro atoms. The van der Waals surface area contributed by atoms with Crippen LogP contribution >= 0.6 is 0 Å². The minimum absolute atomic E-state index is 0.0569. The summed E-state index contributed by atoms with van der Waals surface area (Å²) in [5.41, 5.74) is 4.64. The topological polar surface area (TPSA) is 110 Å². The molecule has 1 aromatic carbocycles. The number of carbonyl (C=O) groups is 1. The molecule has 216 valence electrons. The number of aromatic nitrogens is 5. The van der Waals surface area contributed by atoms with Crippen molar-refractivity contribution < 1.29 is 19.0 Å². The van der Waals surface area contributed by atoms with Crippen molar-refractivity contribution in [2.45, 2.75) is 58.2 Å². The van der Waals surface area contributed by atoms with Crippen LogP contribution in [-0.2, 0) is 18.3 Å². The highest BCUT2D eigenvalue weighted by atomic mass is 19.1. The number of benzene rings is 1. The van der Waals surface area contributed by atoms with Crippen molar-refractivity contribution >= 4 is 22.9 Å². The second kappa shape index (κ2) is 11.3. The van der Waals surface area contributed by atoms with E-state index in [0.717, 1.165) is 68.0 Å². The van der Waals surface area contributed by atoms with E-state index in [-0.39, 0.29) is 23.4 Å².